The average Bonchev–Trinajstić information content (AvgIpc) is 2.29. The lowest BCUT2D eigenvalue weighted by molar-refractivity contribution is -0.276. The van der Waals surface area contributed by atoms with Gasteiger partial charge in [-0.3, -0.25) is 4.79 Å². The Balaban J connectivity index is 2.54. The maximum Gasteiger partial charge on any atom is 0.574 e. The Morgan fingerprint density at radius 2 is 2.11 bits per heavy atom. The van der Waals surface area contributed by atoms with Gasteiger partial charge in [-0.25, -0.2) is 9.97 Å². The van der Waals surface area contributed by atoms with Crippen LogP contribution in [0.1, 0.15) is 13.3 Å². The van der Waals surface area contributed by atoms with Crippen molar-refractivity contribution in [1.82, 2.24) is 9.97 Å². The van der Waals surface area contributed by atoms with E-state index < -0.39 is 12.2 Å². The molecule has 1 atom stereocenters. The molecule has 1 aromatic heterocycles. The summed E-state index contributed by atoms with van der Waals surface area (Å²) in [4.78, 5) is 18.2. The van der Waals surface area contributed by atoms with Gasteiger partial charge in [0.2, 0.25) is 5.88 Å². The largest absolute Gasteiger partial charge is 0.574 e. The predicted molar refractivity (Wildman–Crippen MR) is 60.7 cm³/mol. The Bertz CT molecular complexity index is 425. The van der Waals surface area contributed by atoms with Crippen molar-refractivity contribution in [2.45, 2.75) is 30.0 Å². The van der Waals surface area contributed by atoms with Crippen LogP contribution in [0, 0.1) is 0 Å². The minimum Gasteiger partial charge on any atom is -0.469 e. The van der Waals surface area contributed by atoms with Crippen molar-refractivity contribution in [3.63, 3.8) is 0 Å². The fourth-order valence-corrected chi connectivity index (χ4v) is 1.96. The lowest BCUT2D eigenvalue weighted by atomic mass is 10.3. The van der Waals surface area contributed by atoms with E-state index in [9.17, 15) is 18.0 Å². The molecule has 0 aromatic carbocycles. The molecular weight excluding hydrogens is 285 g/mol. The third kappa shape index (κ3) is 6.27. The van der Waals surface area contributed by atoms with Crippen molar-refractivity contribution in [1.29, 1.82) is 0 Å². The standard InChI is InChI=1S/C10H11F3N2O3S/c1-6(3-9(16)17-2)19-8-5-14-7(4-15-8)18-10(11,12)13/h4-6H,3H2,1-2H3. The molecule has 0 aliphatic rings. The Hall–Kier alpha value is -1.51. The van der Waals surface area contributed by atoms with Crippen LogP contribution in [0.5, 0.6) is 5.88 Å². The number of alkyl halides is 3. The van der Waals surface area contributed by atoms with Gasteiger partial charge in [0, 0.05) is 5.25 Å². The first-order chi connectivity index (χ1) is 8.80. The van der Waals surface area contributed by atoms with Crippen molar-refractivity contribution < 1.29 is 27.4 Å². The molecule has 0 saturated heterocycles. The Morgan fingerprint density at radius 3 is 2.58 bits per heavy atom. The SMILES string of the molecule is COC(=O)CC(C)Sc1cnc(OC(F)(F)F)cn1. The van der Waals surface area contributed by atoms with Crippen molar-refractivity contribution in [2.24, 2.45) is 0 Å². The van der Waals surface area contributed by atoms with Crippen molar-refractivity contribution in [3.8, 4) is 5.88 Å². The van der Waals surface area contributed by atoms with Gasteiger partial charge in [-0.05, 0) is 0 Å². The molecule has 0 spiro atoms. The summed E-state index contributed by atoms with van der Waals surface area (Å²) in [5.41, 5.74) is 0. The maximum absolute atomic E-state index is 11.9. The van der Waals surface area contributed by atoms with E-state index in [1.807, 2.05) is 0 Å². The van der Waals surface area contributed by atoms with Crippen LogP contribution in [0.2, 0.25) is 0 Å². The number of carbonyl (C=O) groups is 1. The summed E-state index contributed by atoms with van der Waals surface area (Å²) in [6.45, 7) is 1.77. The lowest BCUT2D eigenvalue weighted by Gasteiger charge is -2.10. The summed E-state index contributed by atoms with van der Waals surface area (Å²) in [5.74, 6) is -0.998. The van der Waals surface area contributed by atoms with Crippen LogP contribution in [0.3, 0.4) is 0 Å². The van der Waals surface area contributed by atoms with Crippen LogP contribution in [0.25, 0.3) is 0 Å². The Labute approximate surface area is 111 Å². The normalized spacial score (nSPS) is 12.9. The monoisotopic (exact) mass is 296 g/mol. The van der Waals surface area contributed by atoms with Crippen LogP contribution in [0.15, 0.2) is 17.4 Å². The van der Waals surface area contributed by atoms with Gasteiger partial charge >= 0.3 is 12.3 Å². The number of carbonyl (C=O) groups excluding carboxylic acids is 1. The summed E-state index contributed by atoms with van der Waals surface area (Å²) in [7, 11) is 1.28. The summed E-state index contributed by atoms with van der Waals surface area (Å²) in [6.07, 6.45) is -2.59. The molecule has 0 fully saturated rings. The maximum atomic E-state index is 11.9. The molecule has 0 bridgehead atoms. The minimum atomic E-state index is -4.79. The second kappa shape index (κ2) is 6.60. The van der Waals surface area contributed by atoms with Gasteiger partial charge in [0.05, 0.1) is 25.9 Å². The van der Waals surface area contributed by atoms with Gasteiger partial charge in [0.15, 0.2) is 0 Å². The van der Waals surface area contributed by atoms with E-state index in [2.05, 4.69) is 19.4 Å². The summed E-state index contributed by atoms with van der Waals surface area (Å²) in [6, 6.07) is 0. The molecule has 106 valence electrons. The van der Waals surface area contributed by atoms with Crippen LogP contribution >= 0.6 is 11.8 Å². The van der Waals surface area contributed by atoms with E-state index in [0.29, 0.717) is 5.03 Å². The first-order valence-corrected chi connectivity index (χ1v) is 5.99. The van der Waals surface area contributed by atoms with Crippen molar-refractivity contribution >= 4 is 17.7 Å². The number of ether oxygens (including phenoxy) is 2. The molecule has 0 aliphatic heterocycles. The number of hydrogen-bond donors (Lipinski definition) is 0. The van der Waals surface area contributed by atoms with E-state index in [0.717, 1.165) is 12.4 Å². The third-order valence-electron chi connectivity index (χ3n) is 1.83. The van der Waals surface area contributed by atoms with Crippen molar-refractivity contribution in [3.05, 3.63) is 12.4 Å². The number of thioether (sulfide) groups is 1. The van der Waals surface area contributed by atoms with Gasteiger partial charge in [0.1, 0.15) is 5.03 Å². The first-order valence-electron chi connectivity index (χ1n) is 5.11. The van der Waals surface area contributed by atoms with Crippen molar-refractivity contribution in [2.75, 3.05) is 7.11 Å². The highest BCUT2D eigenvalue weighted by Crippen LogP contribution is 2.25. The molecule has 1 unspecified atom stereocenters. The zero-order valence-corrected chi connectivity index (χ0v) is 10.9. The van der Waals surface area contributed by atoms with Gasteiger partial charge in [-0.15, -0.1) is 24.9 Å². The molecule has 19 heavy (non-hydrogen) atoms. The smallest absolute Gasteiger partial charge is 0.469 e. The Morgan fingerprint density at radius 1 is 1.42 bits per heavy atom. The number of methoxy groups -OCH3 is 1. The third-order valence-corrected chi connectivity index (χ3v) is 2.85. The van der Waals surface area contributed by atoms with E-state index in [1.165, 1.54) is 18.9 Å². The average molecular weight is 296 g/mol. The predicted octanol–water partition coefficient (Wildman–Crippen LogP) is 2.42. The summed E-state index contributed by atoms with van der Waals surface area (Å²) < 4.78 is 43.7. The zero-order chi connectivity index (χ0) is 14.5. The molecule has 0 N–H and O–H groups in total. The second-order valence-corrected chi connectivity index (χ2v) is 4.91. The van der Waals surface area contributed by atoms with E-state index >= 15 is 0 Å². The quantitative estimate of drug-likeness (QED) is 0.614. The number of halogens is 3. The number of esters is 1. The van der Waals surface area contributed by atoms with E-state index in [1.54, 1.807) is 6.92 Å². The fraction of sp³-hybridized carbons (Fsp3) is 0.500. The molecule has 0 amide bonds. The van der Waals surface area contributed by atoms with Gasteiger partial charge in [-0.1, -0.05) is 6.92 Å². The highest BCUT2D eigenvalue weighted by atomic mass is 32.2. The lowest BCUT2D eigenvalue weighted by Crippen LogP contribution is -2.18. The van der Waals surface area contributed by atoms with Gasteiger partial charge < -0.3 is 9.47 Å². The summed E-state index contributed by atoms with van der Waals surface area (Å²) in [5, 5.41) is 0.266. The fourth-order valence-electron chi connectivity index (χ4n) is 1.10. The van der Waals surface area contributed by atoms with Gasteiger partial charge in [-0.2, -0.15) is 0 Å². The molecule has 1 rings (SSSR count). The number of rotatable bonds is 5. The first kappa shape index (κ1) is 15.5. The number of hydrogen-bond acceptors (Lipinski definition) is 6. The number of nitrogens with zero attached hydrogens (tertiary/aromatic N) is 2. The second-order valence-electron chi connectivity index (χ2n) is 3.45. The van der Waals surface area contributed by atoms with Gasteiger partial charge in [0.25, 0.3) is 0 Å². The van der Waals surface area contributed by atoms with E-state index in [-0.39, 0.29) is 17.6 Å². The minimum absolute atomic E-state index is 0.129. The molecule has 1 aromatic rings. The molecule has 0 aliphatic carbocycles. The highest BCUT2D eigenvalue weighted by Gasteiger charge is 2.31. The van der Waals surface area contributed by atoms with Crippen LogP contribution in [-0.2, 0) is 9.53 Å². The number of aromatic nitrogens is 2. The molecule has 5 nitrogen and oxygen atoms in total. The van der Waals surface area contributed by atoms with Crippen LogP contribution < -0.4 is 4.74 Å². The molecule has 1 heterocycles. The molecular formula is C10H11F3N2O3S. The molecule has 0 saturated carbocycles. The zero-order valence-electron chi connectivity index (χ0n) is 10.1. The Kier molecular flexibility index (Phi) is 5.40. The van der Waals surface area contributed by atoms with E-state index in [4.69, 9.17) is 0 Å². The summed E-state index contributed by atoms with van der Waals surface area (Å²) >= 11 is 1.20. The van der Waals surface area contributed by atoms with Crippen LogP contribution in [-0.4, -0.2) is 34.7 Å². The van der Waals surface area contributed by atoms with Crippen LogP contribution in [0.4, 0.5) is 13.2 Å². The topological polar surface area (TPSA) is 61.3 Å². The molecule has 0 radical (unpaired) electrons. The molecule has 9 heteroatoms. The highest BCUT2D eigenvalue weighted by molar-refractivity contribution is 7.99.